The topological polar surface area (TPSA) is 97.9 Å². The van der Waals surface area contributed by atoms with Crippen LogP contribution in [0.4, 0.5) is 22.7 Å². The molecule has 1 spiro atoms. The van der Waals surface area contributed by atoms with E-state index in [4.69, 9.17) is 9.26 Å². The average molecular weight is 658 g/mol. The molecule has 4 fully saturated rings. The summed E-state index contributed by atoms with van der Waals surface area (Å²) in [7, 11) is 0. The van der Waals surface area contributed by atoms with Crippen molar-refractivity contribution in [2.75, 3.05) is 4.90 Å². The van der Waals surface area contributed by atoms with Crippen LogP contribution in [0, 0.1) is 18.2 Å². The van der Waals surface area contributed by atoms with Crippen LogP contribution in [-0.4, -0.2) is 45.8 Å². The molecule has 2 aliphatic heterocycles. The molecule has 0 radical (unpaired) electrons. The molecule has 2 aromatic carbocycles. The second-order valence-corrected chi connectivity index (χ2v) is 14.3. The minimum atomic E-state index is -4.84. The van der Waals surface area contributed by atoms with E-state index in [9.17, 15) is 27.5 Å². The van der Waals surface area contributed by atoms with Crippen LogP contribution in [0.25, 0.3) is 21.5 Å². The highest BCUT2D eigenvalue weighted by Gasteiger charge is 2.55. The summed E-state index contributed by atoms with van der Waals surface area (Å²) in [5.74, 6) is -1.23. The lowest BCUT2D eigenvalue weighted by Gasteiger charge is -2.54. The summed E-state index contributed by atoms with van der Waals surface area (Å²) in [6.45, 7) is 1.92. The van der Waals surface area contributed by atoms with E-state index in [1.807, 2.05) is 0 Å². The van der Waals surface area contributed by atoms with Gasteiger partial charge in [-0.05, 0) is 87.5 Å². The van der Waals surface area contributed by atoms with E-state index in [0.717, 1.165) is 62.6 Å². The summed E-state index contributed by atoms with van der Waals surface area (Å²) in [6.07, 6.45) is 2.79. The summed E-state index contributed by atoms with van der Waals surface area (Å²) >= 11 is 1.34. The number of benzene rings is 2. The van der Waals surface area contributed by atoms with E-state index >= 15 is 0 Å². The third-order valence-corrected chi connectivity index (χ3v) is 11.1. The molecule has 13 heteroatoms. The zero-order valence-corrected chi connectivity index (χ0v) is 25.7. The molecular weight excluding hydrogens is 626 g/mol. The molecule has 242 valence electrons. The van der Waals surface area contributed by atoms with Crippen molar-refractivity contribution in [2.24, 2.45) is 5.41 Å². The molecule has 4 aromatic rings. The van der Waals surface area contributed by atoms with Crippen LogP contribution in [0.1, 0.15) is 84.5 Å². The number of alkyl halides is 3. The molecule has 2 aromatic heterocycles. The zero-order valence-electron chi connectivity index (χ0n) is 24.9. The maximum absolute atomic E-state index is 14.7. The number of ether oxygens (including phenoxy) is 2. The summed E-state index contributed by atoms with van der Waals surface area (Å²) in [5.41, 5.74) is 2.14. The number of rotatable bonds is 8. The number of aromatic carboxylic acids is 1. The normalized spacial score (nSPS) is 25.8. The highest BCUT2D eigenvalue weighted by Crippen LogP contribution is 2.58. The van der Waals surface area contributed by atoms with Crippen LogP contribution >= 0.6 is 11.3 Å². The molecule has 2 saturated carbocycles. The van der Waals surface area contributed by atoms with Crippen LogP contribution < -0.4 is 9.64 Å². The van der Waals surface area contributed by atoms with Gasteiger partial charge in [-0.2, -0.15) is 0 Å². The van der Waals surface area contributed by atoms with Gasteiger partial charge in [-0.15, -0.1) is 13.2 Å². The van der Waals surface area contributed by atoms with E-state index in [0.29, 0.717) is 27.3 Å². The molecule has 0 amide bonds. The fourth-order valence-corrected chi connectivity index (χ4v) is 9.17. The maximum Gasteiger partial charge on any atom is 0.573 e. The molecule has 2 atom stereocenters. The molecule has 2 bridgehead atoms. The standard InChI is InChI=1S/C33H31F4N3O5S/c1-16-3-2-4-24(44-33(35,36)37)26(16)27-22(29(45-39-27)17-5-6-17)15-43-21-13-32(14-21)11-19-7-8-20(12-32)40(19)31-38-28-23(34)9-18(30(41)42)10-25(28)46-31/h2-4,9-10,17,19-21H,5-8,11-15H2,1H3,(H,41,42). The highest BCUT2D eigenvalue weighted by atomic mass is 32.1. The number of hydrogen-bond donors (Lipinski definition) is 1. The van der Waals surface area contributed by atoms with Crippen molar-refractivity contribution >= 4 is 32.7 Å². The number of fused-ring (bicyclic) bond motifs is 3. The van der Waals surface area contributed by atoms with Crippen LogP contribution in [-0.2, 0) is 11.3 Å². The molecule has 8 nitrogen and oxygen atoms in total. The van der Waals surface area contributed by atoms with Crippen molar-refractivity contribution < 1.29 is 41.5 Å². The largest absolute Gasteiger partial charge is 0.573 e. The molecule has 1 N–H and O–H groups in total. The van der Waals surface area contributed by atoms with Gasteiger partial charge in [-0.3, -0.25) is 0 Å². The highest BCUT2D eigenvalue weighted by molar-refractivity contribution is 7.22. The number of anilines is 1. The Labute approximate surface area is 265 Å². The molecule has 2 unspecified atom stereocenters. The van der Waals surface area contributed by atoms with Crippen LogP contribution in [0.5, 0.6) is 5.75 Å². The first-order chi connectivity index (χ1) is 22.0. The number of hydrogen-bond acceptors (Lipinski definition) is 8. The van der Waals surface area contributed by atoms with Crippen LogP contribution in [0.2, 0.25) is 0 Å². The van der Waals surface area contributed by atoms with Crippen molar-refractivity contribution in [3.63, 3.8) is 0 Å². The number of aryl methyl sites for hydroxylation is 1. The Hall–Kier alpha value is -3.71. The number of carboxylic acids is 1. The quantitative estimate of drug-likeness (QED) is 0.189. The molecule has 8 rings (SSSR count). The fourth-order valence-electron chi connectivity index (χ4n) is 8.00. The summed E-state index contributed by atoms with van der Waals surface area (Å²) in [4.78, 5) is 18.3. The number of nitrogens with zero attached hydrogens (tertiary/aromatic N) is 3. The SMILES string of the molecule is Cc1cccc(OC(F)(F)F)c1-c1noc(C2CC2)c1COC1CC2(C1)CC1CCC(C2)N1c1nc2c(F)cc(C(=O)O)cc2s1. The third-order valence-electron chi connectivity index (χ3n) is 10.1. The van der Waals surface area contributed by atoms with Gasteiger partial charge in [0.25, 0.3) is 0 Å². The number of aromatic nitrogens is 2. The van der Waals surface area contributed by atoms with Gasteiger partial charge >= 0.3 is 12.3 Å². The number of piperidine rings is 1. The lowest BCUT2D eigenvalue weighted by Crippen LogP contribution is -2.54. The first kappa shape index (κ1) is 29.7. The predicted octanol–water partition coefficient (Wildman–Crippen LogP) is 8.37. The van der Waals surface area contributed by atoms with E-state index in [-0.39, 0.29) is 58.5 Å². The average Bonchev–Trinajstić information content (AvgIpc) is 3.48. The lowest BCUT2D eigenvalue weighted by atomic mass is 9.59. The Bertz CT molecular complexity index is 1830. The molecule has 46 heavy (non-hydrogen) atoms. The van der Waals surface area contributed by atoms with E-state index in [1.165, 1.54) is 29.5 Å². The second kappa shape index (κ2) is 10.7. The summed E-state index contributed by atoms with van der Waals surface area (Å²) in [5, 5.41) is 14.3. The maximum atomic E-state index is 14.7. The Balaban J connectivity index is 0.970. The van der Waals surface area contributed by atoms with Crippen molar-refractivity contribution in [3.8, 4) is 17.0 Å². The number of halogens is 4. The van der Waals surface area contributed by atoms with Crippen molar-refractivity contribution in [2.45, 2.75) is 95.4 Å². The molecule has 2 saturated heterocycles. The van der Waals surface area contributed by atoms with Crippen molar-refractivity contribution in [1.29, 1.82) is 0 Å². The van der Waals surface area contributed by atoms with Gasteiger partial charge in [0.05, 0.1) is 23.0 Å². The Morgan fingerprint density at radius 1 is 1.13 bits per heavy atom. The zero-order chi connectivity index (χ0) is 32.0. The van der Waals surface area contributed by atoms with Crippen molar-refractivity contribution in [1.82, 2.24) is 10.1 Å². The Morgan fingerprint density at radius 3 is 2.54 bits per heavy atom. The van der Waals surface area contributed by atoms with Crippen LogP contribution in [0.3, 0.4) is 0 Å². The van der Waals surface area contributed by atoms with E-state index in [2.05, 4.69) is 19.8 Å². The fraction of sp³-hybridized carbons (Fsp3) is 0.485. The minimum absolute atomic E-state index is 0.00880. The second-order valence-electron chi connectivity index (χ2n) is 13.3. The van der Waals surface area contributed by atoms with E-state index in [1.54, 1.807) is 13.0 Å². The minimum Gasteiger partial charge on any atom is -0.478 e. The first-order valence-corrected chi connectivity index (χ1v) is 16.4. The summed E-state index contributed by atoms with van der Waals surface area (Å²) in [6, 6.07) is 7.58. The van der Waals surface area contributed by atoms with E-state index < -0.39 is 18.1 Å². The van der Waals surface area contributed by atoms with Gasteiger partial charge in [-0.25, -0.2) is 14.2 Å². The third kappa shape index (κ3) is 5.21. The predicted molar refractivity (Wildman–Crippen MR) is 161 cm³/mol. The van der Waals surface area contributed by atoms with Gasteiger partial charge in [0, 0.05) is 29.1 Å². The van der Waals surface area contributed by atoms with Gasteiger partial charge in [0.2, 0.25) is 0 Å². The Morgan fingerprint density at radius 2 is 1.87 bits per heavy atom. The smallest absolute Gasteiger partial charge is 0.478 e. The molecule has 4 heterocycles. The molecule has 2 aliphatic carbocycles. The molecular formula is C33H31F4N3O5S. The number of carbonyl (C=O) groups is 1. The van der Waals surface area contributed by atoms with Gasteiger partial charge in [0.1, 0.15) is 22.7 Å². The monoisotopic (exact) mass is 657 g/mol. The number of carboxylic acid groups (broad SMARTS) is 1. The summed E-state index contributed by atoms with van der Waals surface area (Å²) < 4.78 is 71.5. The van der Waals surface area contributed by atoms with Crippen LogP contribution in [0.15, 0.2) is 34.9 Å². The Kier molecular flexibility index (Phi) is 6.88. The lowest BCUT2D eigenvalue weighted by molar-refractivity contribution is -0.274. The van der Waals surface area contributed by atoms with Gasteiger partial charge in [-0.1, -0.05) is 28.6 Å². The van der Waals surface area contributed by atoms with Gasteiger partial charge < -0.3 is 24.0 Å². The van der Waals surface area contributed by atoms with Gasteiger partial charge in [0.15, 0.2) is 10.9 Å². The van der Waals surface area contributed by atoms with Crippen molar-refractivity contribution in [3.05, 3.63) is 58.6 Å². The number of thiazole rings is 1. The first-order valence-electron chi connectivity index (χ1n) is 15.5. The molecule has 4 aliphatic rings.